The minimum absolute atomic E-state index is 0.0364. The molecule has 0 heterocycles. The number of benzene rings is 1. The summed E-state index contributed by atoms with van der Waals surface area (Å²) < 4.78 is 0. The van der Waals surface area contributed by atoms with Crippen molar-refractivity contribution in [2.24, 2.45) is 0 Å². The maximum absolute atomic E-state index is 11.4. The molecule has 100 valence electrons. The minimum Gasteiger partial charge on any atom is -0.394 e. The molecule has 18 heavy (non-hydrogen) atoms. The summed E-state index contributed by atoms with van der Waals surface area (Å²) in [6, 6.07) is 5.56. The van der Waals surface area contributed by atoms with E-state index in [0.29, 0.717) is 6.42 Å². The fourth-order valence-corrected chi connectivity index (χ4v) is 1.41. The highest BCUT2D eigenvalue weighted by atomic mass is 16.3. The number of hydrogen-bond donors (Lipinski definition) is 4. The Bertz CT molecular complexity index is 407. The molecule has 0 aliphatic heterocycles. The van der Waals surface area contributed by atoms with Crippen molar-refractivity contribution in [1.29, 1.82) is 0 Å². The van der Waals surface area contributed by atoms with Gasteiger partial charge in [-0.25, -0.2) is 0 Å². The van der Waals surface area contributed by atoms with Gasteiger partial charge in [-0.3, -0.25) is 4.79 Å². The predicted octanol–water partition coefficient (Wildman–Crippen LogP) is 1.11. The van der Waals surface area contributed by atoms with E-state index in [0.717, 1.165) is 16.9 Å². The lowest BCUT2D eigenvalue weighted by Crippen LogP contribution is -2.23. The minimum atomic E-state index is -0.792. The second kappa shape index (κ2) is 6.98. The third kappa shape index (κ3) is 4.35. The summed E-state index contributed by atoms with van der Waals surface area (Å²) >= 11 is 0. The van der Waals surface area contributed by atoms with Crippen LogP contribution in [0.1, 0.15) is 18.9 Å². The average molecular weight is 252 g/mol. The molecule has 0 fully saturated rings. The second-order valence-corrected chi connectivity index (χ2v) is 4.15. The fraction of sp³-hybridized carbons (Fsp3) is 0.462. The van der Waals surface area contributed by atoms with Crippen molar-refractivity contribution in [3.63, 3.8) is 0 Å². The zero-order valence-electron chi connectivity index (χ0n) is 10.7. The normalized spacial score (nSPS) is 12.0. The van der Waals surface area contributed by atoms with Gasteiger partial charge in [-0.1, -0.05) is 13.0 Å². The van der Waals surface area contributed by atoms with E-state index in [1.165, 1.54) is 0 Å². The summed E-state index contributed by atoms with van der Waals surface area (Å²) in [4.78, 5) is 11.4. The highest BCUT2D eigenvalue weighted by Gasteiger charge is 2.05. The third-order valence-electron chi connectivity index (χ3n) is 2.59. The Morgan fingerprint density at radius 2 is 2.17 bits per heavy atom. The molecule has 0 spiro atoms. The van der Waals surface area contributed by atoms with Crippen molar-refractivity contribution in [2.75, 3.05) is 23.8 Å². The SMILES string of the molecule is CCC(=O)Nc1cc(NCC(O)CO)ccc1C. The van der Waals surface area contributed by atoms with Gasteiger partial charge < -0.3 is 20.8 Å². The molecule has 1 aromatic rings. The van der Waals surface area contributed by atoms with E-state index < -0.39 is 6.10 Å². The van der Waals surface area contributed by atoms with Gasteiger partial charge in [0.2, 0.25) is 5.91 Å². The summed E-state index contributed by atoms with van der Waals surface area (Å²) in [6.45, 7) is 3.70. The number of hydrogen-bond acceptors (Lipinski definition) is 4. The molecule has 1 aromatic carbocycles. The lowest BCUT2D eigenvalue weighted by Gasteiger charge is -2.13. The van der Waals surface area contributed by atoms with E-state index >= 15 is 0 Å². The molecular formula is C13H20N2O3. The van der Waals surface area contributed by atoms with Crippen LogP contribution in [0.2, 0.25) is 0 Å². The van der Waals surface area contributed by atoms with E-state index in [9.17, 15) is 9.90 Å². The number of carbonyl (C=O) groups excluding carboxylic acids is 1. The molecule has 4 N–H and O–H groups in total. The zero-order chi connectivity index (χ0) is 13.5. The van der Waals surface area contributed by atoms with Gasteiger partial charge in [-0.2, -0.15) is 0 Å². The first kappa shape index (κ1) is 14.5. The van der Waals surface area contributed by atoms with Crippen molar-refractivity contribution >= 4 is 17.3 Å². The van der Waals surface area contributed by atoms with Crippen molar-refractivity contribution in [1.82, 2.24) is 0 Å². The summed E-state index contributed by atoms with van der Waals surface area (Å²) in [5.74, 6) is -0.0364. The number of nitrogens with one attached hydrogen (secondary N) is 2. The highest BCUT2D eigenvalue weighted by Crippen LogP contribution is 2.20. The quantitative estimate of drug-likeness (QED) is 0.611. The number of anilines is 2. The molecule has 0 radical (unpaired) electrons. The summed E-state index contributed by atoms with van der Waals surface area (Å²) in [6.07, 6.45) is -0.361. The van der Waals surface area contributed by atoms with Gasteiger partial charge in [0.15, 0.2) is 0 Å². The monoisotopic (exact) mass is 252 g/mol. The summed E-state index contributed by atoms with van der Waals surface area (Å²) in [5.41, 5.74) is 2.52. The van der Waals surface area contributed by atoms with Crippen LogP contribution >= 0.6 is 0 Å². The van der Waals surface area contributed by atoms with Crippen molar-refractivity contribution in [3.8, 4) is 0 Å². The van der Waals surface area contributed by atoms with Crippen LogP contribution < -0.4 is 10.6 Å². The Labute approximate surface area is 107 Å². The number of aryl methyl sites for hydroxylation is 1. The Kier molecular flexibility index (Phi) is 5.61. The molecule has 1 unspecified atom stereocenters. The number of carbonyl (C=O) groups is 1. The maximum atomic E-state index is 11.4. The molecule has 5 heteroatoms. The van der Waals surface area contributed by atoms with Gasteiger partial charge >= 0.3 is 0 Å². The number of rotatable bonds is 6. The lowest BCUT2D eigenvalue weighted by molar-refractivity contribution is -0.115. The van der Waals surface area contributed by atoms with Crippen molar-refractivity contribution in [2.45, 2.75) is 26.4 Å². The lowest BCUT2D eigenvalue weighted by atomic mass is 10.1. The van der Waals surface area contributed by atoms with Crippen LogP contribution in [-0.4, -0.2) is 35.4 Å². The van der Waals surface area contributed by atoms with Crippen LogP contribution in [0, 0.1) is 6.92 Å². The smallest absolute Gasteiger partial charge is 0.224 e. The predicted molar refractivity (Wildman–Crippen MR) is 71.7 cm³/mol. The Balaban J connectivity index is 2.71. The van der Waals surface area contributed by atoms with Crippen molar-refractivity contribution in [3.05, 3.63) is 23.8 Å². The molecular weight excluding hydrogens is 232 g/mol. The largest absolute Gasteiger partial charge is 0.394 e. The molecule has 0 aromatic heterocycles. The van der Waals surface area contributed by atoms with Crippen LogP contribution in [0.5, 0.6) is 0 Å². The first-order valence-corrected chi connectivity index (χ1v) is 6.00. The van der Waals surface area contributed by atoms with Gasteiger partial charge in [0.25, 0.3) is 0 Å². The molecule has 0 saturated carbocycles. The second-order valence-electron chi connectivity index (χ2n) is 4.15. The van der Waals surface area contributed by atoms with Crippen LogP contribution in [-0.2, 0) is 4.79 Å². The molecule has 0 aliphatic carbocycles. The Morgan fingerprint density at radius 3 is 2.78 bits per heavy atom. The van der Waals surface area contributed by atoms with Gasteiger partial charge in [0, 0.05) is 24.3 Å². The molecule has 1 atom stereocenters. The van der Waals surface area contributed by atoms with Crippen molar-refractivity contribution < 1.29 is 15.0 Å². The highest BCUT2D eigenvalue weighted by molar-refractivity contribution is 5.91. The molecule has 0 saturated heterocycles. The zero-order valence-corrected chi connectivity index (χ0v) is 10.7. The van der Waals surface area contributed by atoms with Crippen LogP contribution in [0.3, 0.4) is 0 Å². The van der Waals surface area contributed by atoms with E-state index in [1.807, 2.05) is 25.1 Å². The van der Waals surface area contributed by atoms with Gasteiger partial charge in [-0.05, 0) is 24.6 Å². The Hall–Kier alpha value is -1.59. The van der Waals surface area contributed by atoms with Gasteiger partial charge in [0.1, 0.15) is 0 Å². The van der Waals surface area contributed by atoms with E-state index in [1.54, 1.807) is 6.92 Å². The molecule has 0 aliphatic rings. The van der Waals surface area contributed by atoms with E-state index in [2.05, 4.69) is 10.6 Å². The van der Waals surface area contributed by atoms with Crippen LogP contribution in [0.4, 0.5) is 11.4 Å². The average Bonchev–Trinajstić information content (AvgIpc) is 2.38. The summed E-state index contributed by atoms with van der Waals surface area (Å²) in [5, 5.41) is 23.8. The van der Waals surface area contributed by atoms with Gasteiger partial charge in [-0.15, -0.1) is 0 Å². The Morgan fingerprint density at radius 1 is 1.44 bits per heavy atom. The first-order chi connectivity index (χ1) is 8.56. The fourth-order valence-electron chi connectivity index (χ4n) is 1.41. The topological polar surface area (TPSA) is 81.6 Å². The number of aliphatic hydroxyl groups is 2. The first-order valence-electron chi connectivity index (χ1n) is 6.00. The third-order valence-corrected chi connectivity index (χ3v) is 2.59. The number of amides is 1. The molecule has 1 rings (SSSR count). The molecule has 5 nitrogen and oxygen atoms in total. The van der Waals surface area contributed by atoms with Crippen LogP contribution in [0.15, 0.2) is 18.2 Å². The molecule has 1 amide bonds. The van der Waals surface area contributed by atoms with E-state index in [-0.39, 0.29) is 19.1 Å². The van der Waals surface area contributed by atoms with Gasteiger partial charge in [0.05, 0.1) is 12.7 Å². The van der Waals surface area contributed by atoms with E-state index in [4.69, 9.17) is 5.11 Å². The van der Waals surface area contributed by atoms with Crippen LogP contribution in [0.25, 0.3) is 0 Å². The standard InChI is InChI=1S/C13H20N2O3/c1-3-13(18)15-12-6-10(5-4-9(12)2)14-7-11(17)8-16/h4-6,11,14,16-17H,3,7-8H2,1-2H3,(H,15,18). The number of aliphatic hydroxyl groups excluding tert-OH is 2. The maximum Gasteiger partial charge on any atom is 0.224 e. The molecule has 0 bridgehead atoms. The summed E-state index contributed by atoms with van der Waals surface area (Å²) in [7, 11) is 0.